The normalized spacial score (nSPS) is 56.8. The summed E-state index contributed by atoms with van der Waals surface area (Å²) in [5, 5.41) is 3.71. The molecule has 13 heavy (non-hydrogen) atoms. The van der Waals surface area contributed by atoms with Crippen LogP contribution < -0.4 is 5.32 Å². The summed E-state index contributed by atoms with van der Waals surface area (Å²) in [6.45, 7) is 1.36. The largest absolute Gasteiger partial charge is 0.314 e. The molecule has 1 spiro atoms. The van der Waals surface area contributed by atoms with Gasteiger partial charge in [-0.1, -0.05) is 0 Å². The molecule has 1 heteroatoms. The maximum absolute atomic E-state index is 3.71. The monoisotopic (exact) mass is 177 g/mol. The van der Waals surface area contributed by atoms with Gasteiger partial charge >= 0.3 is 0 Å². The molecule has 4 aliphatic rings. The van der Waals surface area contributed by atoms with Crippen molar-refractivity contribution in [2.45, 2.75) is 44.6 Å². The third-order valence-electron chi connectivity index (χ3n) is 5.15. The Kier molecular flexibility index (Phi) is 1.19. The Bertz CT molecular complexity index is 246. The van der Waals surface area contributed by atoms with Crippen molar-refractivity contribution in [3.8, 4) is 0 Å². The minimum Gasteiger partial charge on any atom is -0.314 e. The van der Waals surface area contributed by atoms with Crippen LogP contribution in [0.25, 0.3) is 0 Å². The molecule has 0 amide bonds. The maximum Gasteiger partial charge on any atom is 0.00683 e. The summed E-state index contributed by atoms with van der Waals surface area (Å²) in [6, 6.07) is 0.925. The Hall–Kier alpha value is -0.0400. The number of fused-ring (bicyclic) bond motifs is 2. The van der Waals surface area contributed by atoms with Crippen molar-refractivity contribution < 1.29 is 0 Å². The highest BCUT2D eigenvalue weighted by Crippen LogP contribution is 2.75. The topological polar surface area (TPSA) is 12.0 Å². The lowest BCUT2D eigenvalue weighted by atomic mass is 9.97. The van der Waals surface area contributed by atoms with Crippen molar-refractivity contribution in [3.05, 3.63) is 0 Å². The first kappa shape index (κ1) is 7.28. The third-order valence-corrected chi connectivity index (χ3v) is 5.15. The van der Waals surface area contributed by atoms with Gasteiger partial charge < -0.3 is 5.32 Å². The molecular weight excluding hydrogens is 158 g/mol. The van der Waals surface area contributed by atoms with E-state index in [1.165, 1.54) is 31.2 Å². The lowest BCUT2D eigenvalue weighted by Crippen LogP contribution is -2.21. The van der Waals surface area contributed by atoms with Gasteiger partial charge in [0, 0.05) is 6.04 Å². The van der Waals surface area contributed by atoms with E-state index >= 15 is 0 Å². The van der Waals surface area contributed by atoms with E-state index in [-0.39, 0.29) is 0 Å². The van der Waals surface area contributed by atoms with Crippen LogP contribution in [0, 0.1) is 23.2 Å². The SMILES string of the molecule is C1CC1NCC1CC12CCC1CC12. The molecule has 1 N–H and O–H groups in total. The summed E-state index contributed by atoms with van der Waals surface area (Å²) >= 11 is 0. The third kappa shape index (κ3) is 0.971. The molecule has 4 saturated carbocycles. The Morgan fingerprint density at radius 1 is 1.23 bits per heavy atom. The van der Waals surface area contributed by atoms with Gasteiger partial charge in [-0.2, -0.15) is 0 Å². The van der Waals surface area contributed by atoms with E-state index in [4.69, 9.17) is 0 Å². The molecule has 4 unspecified atom stereocenters. The van der Waals surface area contributed by atoms with Crippen LogP contribution in [0.15, 0.2) is 0 Å². The predicted molar refractivity (Wildman–Crippen MR) is 52.4 cm³/mol. The minimum atomic E-state index is 0.895. The summed E-state index contributed by atoms with van der Waals surface area (Å²) in [5.74, 6) is 3.47. The van der Waals surface area contributed by atoms with Crippen molar-refractivity contribution in [2.75, 3.05) is 6.54 Å². The van der Waals surface area contributed by atoms with Crippen molar-refractivity contribution >= 4 is 0 Å². The van der Waals surface area contributed by atoms with E-state index in [1.807, 2.05) is 0 Å². The van der Waals surface area contributed by atoms with Crippen LogP contribution in [0.2, 0.25) is 0 Å². The summed E-state index contributed by atoms with van der Waals surface area (Å²) in [5.41, 5.74) is 0.895. The zero-order chi connectivity index (χ0) is 8.47. The smallest absolute Gasteiger partial charge is 0.00683 e. The Morgan fingerprint density at radius 2 is 2.15 bits per heavy atom. The van der Waals surface area contributed by atoms with Gasteiger partial charge in [-0.05, 0) is 68.2 Å². The van der Waals surface area contributed by atoms with Gasteiger partial charge in [0.1, 0.15) is 0 Å². The summed E-state index contributed by atoms with van der Waals surface area (Å²) < 4.78 is 0. The minimum absolute atomic E-state index is 0.895. The zero-order valence-corrected chi connectivity index (χ0v) is 8.26. The molecule has 1 nitrogen and oxygen atoms in total. The fraction of sp³-hybridized carbons (Fsp3) is 1.00. The molecular formula is C12H19N. The van der Waals surface area contributed by atoms with Crippen LogP contribution in [0.4, 0.5) is 0 Å². The number of hydrogen-bond acceptors (Lipinski definition) is 1. The van der Waals surface area contributed by atoms with Crippen LogP contribution in [-0.4, -0.2) is 12.6 Å². The molecule has 0 heterocycles. The highest BCUT2D eigenvalue weighted by molar-refractivity contribution is 5.18. The van der Waals surface area contributed by atoms with E-state index < -0.39 is 0 Å². The van der Waals surface area contributed by atoms with Crippen LogP contribution >= 0.6 is 0 Å². The predicted octanol–water partition coefficient (Wildman–Crippen LogP) is 2.17. The van der Waals surface area contributed by atoms with Gasteiger partial charge in [-0.25, -0.2) is 0 Å². The van der Waals surface area contributed by atoms with Crippen molar-refractivity contribution in [2.24, 2.45) is 23.2 Å². The second-order valence-electron chi connectivity index (χ2n) is 5.96. The Morgan fingerprint density at radius 3 is 2.77 bits per heavy atom. The van der Waals surface area contributed by atoms with Crippen LogP contribution in [-0.2, 0) is 0 Å². The van der Waals surface area contributed by atoms with Gasteiger partial charge in [0.25, 0.3) is 0 Å². The molecule has 0 saturated heterocycles. The van der Waals surface area contributed by atoms with E-state index in [1.54, 1.807) is 25.7 Å². The molecule has 0 aromatic heterocycles. The first-order valence-corrected chi connectivity index (χ1v) is 6.12. The molecule has 4 rings (SSSR count). The fourth-order valence-corrected chi connectivity index (χ4v) is 3.94. The highest BCUT2D eigenvalue weighted by atomic mass is 15.0. The second-order valence-corrected chi connectivity index (χ2v) is 5.96. The van der Waals surface area contributed by atoms with Gasteiger partial charge in [0.2, 0.25) is 0 Å². The quantitative estimate of drug-likeness (QED) is 0.696. The van der Waals surface area contributed by atoms with Crippen molar-refractivity contribution in [1.82, 2.24) is 5.32 Å². The molecule has 0 bridgehead atoms. The maximum atomic E-state index is 3.71. The summed E-state index contributed by atoms with van der Waals surface area (Å²) in [7, 11) is 0. The second kappa shape index (κ2) is 2.13. The molecule has 72 valence electrons. The summed E-state index contributed by atoms with van der Waals surface area (Å²) in [6.07, 6.45) is 9.23. The van der Waals surface area contributed by atoms with Gasteiger partial charge in [0.05, 0.1) is 0 Å². The van der Waals surface area contributed by atoms with E-state index in [2.05, 4.69) is 5.32 Å². The average Bonchev–Trinajstić information content (AvgIpc) is 2.97. The van der Waals surface area contributed by atoms with E-state index in [9.17, 15) is 0 Å². The molecule has 0 aliphatic heterocycles. The Labute approximate surface area is 80.3 Å². The number of rotatable bonds is 3. The van der Waals surface area contributed by atoms with Gasteiger partial charge in [0.15, 0.2) is 0 Å². The lowest BCUT2D eigenvalue weighted by Gasteiger charge is -2.11. The molecule has 4 atom stereocenters. The number of nitrogens with one attached hydrogen (secondary N) is 1. The van der Waals surface area contributed by atoms with Gasteiger partial charge in [-0.15, -0.1) is 0 Å². The van der Waals surface area contributed by atoms with Crippen LogP contribution in [0.1, 0.15) is 38.5 Å². The molecule has 0 aromatic rings. The Balaban J connectivity index is 1.38. The van der Waals surface area contributed by atoms with E-state index in [0.717, 1.165) is 17.4 Å². The molecule has 4 aliphatic carbocycles. The van der Waals surface area contributed by atoms with E-state index in [0.29, 0.717) is 0 Å². The van der Waals surface area contributed by atoms with Crippen LogP contribution in [0.5, 0.6) is 0 Å². The highest BCUT2D eigenvalue weighted by Gasteiger charge is 2.68. The first-order chi connectivity index (χ1) is 6.38. The molecule has 0 aromatic carbocycles. The molecule has 0 radical (unpaired) electrons. The van der Waals surface area contributed by atoms with Crippen molar-refractivity contribution in [3.63, 3.8) is 0 Å². The lowest BCUT2D eigenvalue weighted by molar-refractivity contribution is 0.397. The average molecular weight is 177 g/mol. The first-order valence-electron chi connectivity index (χ1n) is 6.12. The molecule has 4 fully saturated rings. The van der Waals surface area contributed by atoms with Crippen LogP contribution in [0.3, 0.4) is 0 Å². The fourth-order valence-electron chi connectivity index (χ4n) is 3.94. The van der Waals surface area contributed by atoms with Crippen molar-refractivity contribution in [1.29, 1.82) is 0 Å². The summed E-state index contributed by atoms with van der Waals surface area (Å²) in [4.78, 5) is 0. The standard InChI is InChI=1S/C12H19N/c1-2-10(1)13-7-9-6-12(9)4-3-8-5-11(8)12/h8-11,13H,1-7H2. The number of hydrogen-bond donors (Lipinski definition) is 1. The van der Waals surface area contributed by atoms with Gasteiger partial charge in [-0.3, -0.25) is 0 Å². The zero-order valence-electron chi connectivity index (χ0n) is 8.26.